The molecule has 4 rings (SSSR count). The number of rotatable bonds is 4. The molecule has 2 aromatic carbocycles. The highest BCUT2D eigenvalue weighted by atomic mass is 35.5. The average Bonchev–Trinajstić information content (AvgIpc) is 2.69. The number of nitrogens with one attached hydrogen (secondary N) is 1. The SMILES string of the molecule is C[NH+]1C2CCCC1CC(OC(=O)C(O)(c1ccccc1)c1ccccc1)C2.[Cl-]. The number of fused-ring (bicyclic) bond motifs is 2. The lowest BCUT2D eigenvalue weighted by Crippen LogP contribution is -3.18. The summed E-state index contributed by atoms with van der Waals surface area (Å²) in [6.07, 6.45) is 5.30. The van der Waals surface area contributed by atoms with Gasteiger partial charge in [0.1, 0.15) is 6.10 Å². The van der Waals surface area contributed by atoms with Gasteiger partial charge in [0, 0.05) is 12.8 Å². The van der Waals surface area contributed by atoms with Gasteiger partial charge < -0.3 is 27.2 Å². The Balaban J connectivity index is 0.00000225. The number of esters is 1. The van der Waals surface area contributed by atoms with Crippen LogP contribution in [0.2, 0.25) is 0 Å². The number of aliphatic hydroxyl groups is 1. The second-order valence-electron chi connectivity index (χ2n) is 8.01. The fraction of sp³-hybridized carbons (Fsp3) is 0.435. The first-order chi connectivity index (χ1) is 13.1. The van der Waals surface area contributed by atoms with Crippen LogP contribution in [0, 0.1) is 0 Å². The minimum atomic E-state index is -1.78. The van der Waals surface area contributed by atoms with E-state index in [9.17, 15) is 9.90 Å². The van der Waals surface area contributed by atoms with E-state index in [4.69, 9.17) is 4.74 Å². The maximum absolute atomic E-state index is 13.3. The van der Waals surface area contributed by atoms with Gasteiger partial charge in [-0.3, -0.25) is 0 Å². The highest BCUT2D eigenvalue weighted by molar-refractivity contribution is 5.85. The molecule has 4 nitrogen and oxygen atoms in total. The third-order valence-corrected chi connectivity index (χ3v) is 6.44. The van der Waals surface area contributed by atoms with Crippen molar-refractivity contribution in [2.45, 2.75) is 55.9 Å². The fourth-order valence-electron chi connectivity index (χ4n) is 4.83. The van der Waals surface area contributed by atoms with Crippen LogP contribution in [0.4, 0.5) is 0 Å². The van der Waals surface area contributed by atoms with Crippen molar-refractivity contribution >= 4 is 5.97 Å². The normalized spacial score (nSPS) is 26.8. The van der Waals surface area contributed by atoms with Crippen LogP contribution in [-0.4, -0.2) is 36.3 Å². The molecule has 2 atom stereocenters. The van der Waals surface area contributed by atoms with Gasteiger partial charge in [-0.1, -0.05) is 60.7 Å². The summed E-state index contributed by atoms with van der Waals surface area (Å²) >= 11 is 0. The molecule has 5 heteroatoms. The minimum absolute atomic E-state index is 0. The fourth-order valence-corrected chi connectivity index (χ4v) is 4.83. The number of piperidine rings is 2. The van der Waals surface area contributed by atoms with Crippen LogP contribution in [0.1, 0.15) is 43.2 Å². The molecule has 28 heavy (non-hydrogen) atoms. The van der Waals surface area contributed by atoms with Gasteiger partial charge in [-0.25, -0.2) is 4.79 Å². The summed E-state index contributed by atoms with van der Waals surface area (Å²) < 4.78 is 5.95. The summed E-state index contributed by atoms with van der Waals surface area (Å²) in [6, 6.07) is 19.3. The van der Waals surface area contributed by atoms with Crippen LogP contribution in [0.5, 0.6) is 0 Å². The molecule has 2 N–H and O–H groups in total. The van der Waals surface area contributed by atoms with Crippen molar-refractivity contribution in [2.75, 3.05) is 7.05 Å². The van der Waals surface area contributed by atoms with Gasteiger partial charge >= 0.3 is 5.97 Å². The zero-order valence-corrected chi connectivity index (χ0v) is 16.9. The smallest absolute Gasteiger partial charge is 0.347 e. The third kappa shape index (κ3) is 3.82. The van der Waals surface area contributed by atoms with Gasteiger partial charge in [-0.05, 0) is 30.4 Å². The predicted molar refractivity (Wildman–Crippen MR) is 103 cm³/mol. The number of carbonyl (C=O) groups excluding carboxylic acids is 1. The van der Waals surface area contributed by atoms with Gasteiger partial charge in [0.25, 0.3) is 0 Å². The van der Waals surface area contributed by atoms with Crippen LogP contribution in [0.15, 0.2) is 60.7 Å². The van der Waals surface area contributed by atoms with Crippen LogP contribution >= 0.6 is 0 Å². The zero-order chi connectivity index (χ0) is 18.9. The quantitative estimate of drug-likeness (QED) is 0.651. The number of ether oxygens (including phenoxy) is 1. The molecule has 2 fully saturated rings. The monoisotopic (exact) mass is 401 g/mol. The maximum Gasteiger partial charge on any atom is 0.347 e. The van der Waals surface area contributed by atoms with E-state index in [1.165, 1.54) is 19.3 Å². The Labute approximate surface area is 172 Å². The van der Waals surface area contributed by atoms with Crippen molar-refractivity contribution in [3.05, 3.63) is 71.8 Å². The molecule has 2 aromatic rings. The number of quaternary nitrogens is 1. The molecule has 2 aliphatic rings. The molecule has 150 valence electrons. The van der Waals surface area contributed by atoms with E-state index in [0.717, 1.165) is 12.8 Å². The lowest BCUT2D eigenvalue weighted by Gasteiger charge is -2.44. The Morgan fingerprint density at radius 3 is 1.89 bits per heavy atom. The standard InChI is InChI=1S/C23H27NO3.ClH/c1-24-19-13-8-14-20(24)16-21(15-19)27-22(25)23(26,17-9-4-2-5-10-17)18-11-6-3-7-12-18;/h2-7,9-12,19-21,26H,8,13-16H2,1H3;1H. The molecule has 2 heterocycles. The van der Waals surface area contributed by atoms with E-state index < -0.39 is 11.6 Å². The third-order valence-electron chi connectivity index (χ3n) is 6.44. The van der Waals surface area contributed by atoms with E-state index in [2.05, 4.69) is 7.05 Å². The first-order valence-corrected chi connectivity index (χ1v) is 9.97. The Hall–Kier alpha value is -1.88. The predicted octanol–water partition coefficient (Wildman–Crippen LogP) is -0.932. The lowest BCUT2D eigenvalue weighted by molar-refractivity contribution is -0.943. The van der Waals surface area contributed by atoms with Gasteiger partial charge in [0.15, 0.2) is 0 Å². The molecule has 0 saturated carbocycles. The molecule has 2 aliphatic heterocycles. The largest absolute Gasteiger partial charge is 1.00 e. The lowest BCUT2D eigenvalue weighted by atomic mass is 9.83. The summed E-state index contributed by atoms with van der Waals surface area (Å²) in [4.78, 5) is 14.8. The van der Waals surface area contributed by atoms with Crippen LogP contribution in [0.25, 0.3) is 0 Å². The van der Waals surface area contributed by atoms with Crippen molar-refractivity contribution in [3.63, 3.8) is 0 Å². The number of halogens is 1. The van der Waals surface area contributed by atoms with Crippen LogP contribution < -0.4 is 17.3 Å². The molecule has 2 bridgehead atoms. The Bertz CT molecular complexity index is 729. The number of benzene rings is 2. The van der Waals surface area contributed by atoms with Gasteiger partial charge in [-0.2, -0.15) is 0 Å². The van der Waals surface area contributed by atoms with Crippen molar-refractivity contribution in [1.82, 2.24) is 0 Å². The van der Waals surface area contributed by atoms with Crippen molar-refractivity contribution < 1.29 is 31.9 Å². The highest BCUT2D eigenvalue weighted by Gasteiger charge is 2.46. The van der Waals surface area contributed by atoms with E-state index in [1.54, 1.807) is 29.2 Å². The average molecular weight is 402 g/mol. The highest BCUT2D eigenvalue weighted by Crippen LogP contribution is 2.33. The Morgan fingerprint density at radius 1 is 0.964 bits per heavy atom. The Kier molecular flexibility index (Phi) is 6.43. The zero-order valence-electron chi connectivity index (χ0n) is 16.2. The molecular formula is C23H28ClNO3. The van der Waals surface area contributed by atoms with E-state index in [0.29, 0.717) is 23.2 Å². The van der Waals surface area contributed by atoms with Crippen molar-refractivity contribution in [1.29, 1.82) is 0 Å². The second kappa shape index (κ2) is 8.64. The summed E-state index contributed by atoms with van der Waals surface area (Å²) in [5, 5.41) is 11.5. The molecule has 2 unspecified atom stereocenters. The molecule has 0 radical (unpaired) electrons. The Morgan fingerprint density at radius 2 is 1.43 bits per heavy atom. The van der Waals surface area contributed by atoms with Gasteiger partial charge in [0.2, 0.25) is 5.60 Å². The van der Waals surface area contributed by atoms with Crippen molar-refractivity contribution in [3.8, 4) is 0 Å². The molecule has 2 saturated heterocycles. The molecule has 0 spiro atoms. The van der Waals surface area contributed by atoms with E-state index in [1.807, 2.05) is 36.4 Å². The summed E-state index contributed by atoms with van der Waals surface area (Å²) in [5.41, 5.74) is -0.701. The van der Waals surface area contributed by atoms with Crippen LogP contribution in [0.3, 0.4) is 0 Å². The second-order valence-corrected chi connectivity index (χ2v) is 8.01. The summed E-state index contributed by atoms with van der Waals surface area (Å²) in [7, 11) is 2.26. The summed E-state index contributed by atoms with van der Waals surface area (Å²) in [6.45, 7) is 0. The number of carbonyl (C=O) groups is 1. The molecule has 0 amide bonds. The van der Waals surface area contributed by atoms with Crippen LogP contribution in [-0.2, 0) is 15.1 Å². The number of hydrogen-bond acceptors (Lipinski definition) is 3. The topological polar surface area (TPSA) is 51.0 Å². The first kappa shape index (κ1) is 20.8. The minimum Gasteiger partial charge on any atom is -1.00 e. The molecule has 0 aliphatic carbocycles. The first-order valence-electron chi connectivity index (χ1n) is 9.97. The van der Waals surface area contributed by atoms with Gasteiger partial charge in [0.05, 0.1) is 19.1 Å². The van der Waals surface area contributed by atoms with E-state index >= 15 is 0 Å². The van der Waals surface area contributed by atoms with Gasteiger partial charge in [-0.15, -0.1) is 0 Å². The molecule has 0 aromatic heterocycles. The van der Waals surface area contributed by atoms with E-state index in [-0.39, 0.29) is 18.5 Å². The molecular weight excluding hydrogens is 374 g/mol. The maximum atomic E-state index is 13.3. The number of hydrogen-bond donors (Lipinski definition) is 2. The van der Waals surface area contributed by atoms with Crippen molar-refractivity contribution in [2.24, 2.45) is 0 Å². The summed E-state index contributed by atoms with van der Waals surface area (Å²) in [5.74, 6) is -0.567.